The molecule has 0 aliphatic carbocycles. The Hall–Kier alpha value is -2.50. The number of nitrogens with one attached hydrogen (secondary N) is 1. The molecule has 1 unspecified atom stereocenters. The maximum Gasteiger partial charge on any atom is 0.244 e. The molecule has 0 bridgehead atoms. The van der Waals surface area contributed by atoms with E-state index in [-0.39, 0.29) is 11.9 Å². The number of carbonyl (C=O) groups excluding carboxylic acids is 1. The second-order valence-corrected chi connectivity index (χ2v) is 4.57. The summed E-state index contributed by atoms with van der Waals surface area (Å²) >= 11 is 0. The molecule has 1 aromatic carbocycles. The lowest BCUT2D eigenvalue weighted by Gasteiger charge is -2.14. The molecule has 6 heteroatoms. The van der Waals surface area contributed by atoms with E-state index >= 15 is 0 Å². The van der Waals surface area contributed by atoms with E-state index in [1.165, 1.54) is 0 Å². The second kappa shape index (κ2) is 6.78. The molecule has 2 aromatic rings. The van der Waals surface area contributed by atoms with E-state index in [1.54, 1.807) is 44.3 Å². The summed E-state index contributed by atoms with van der Waals surface area (Å²) in [5, 5.41) is 6.94. The van der Waals surface area contributed by atoms with Crippen LogP contribution in [-0.4, -0.2) is 29.9 Å². The van der Waals surface area contributed by atoms with Gasteiger partial charge in [0.1, 0.15) is 6.04 Å². The largest absolute Gasteiger partial charge is 0.493 e. The molecule has 6 nitrogen and oxygen atoms in total. The van der Waals surface area contributed by atoms with Crippen LogP contribution >= 0.6 is 0 Å². The number of carbonyl (C=O) groups is 1. The van der Waals surface area contributed by atoms with Crippen molar-refractivity contribution in [2.24, 2.45) is 0 Å². The van der Waals surface area contributed by atoms with Crippen molar-refractivity contribution in [2.45, 2.75) is 19.5 Å². The van der Waals surface area contributed by atoms with Crippen LogP contribution in [0.25, 0.3) is 0 Å². The van der Waals surface area contributed by atoms with Gasteiger partial charge in [-0.25, -0.2) is 0 Å². The van der Waals surface area contributed by atoms with Crippen molar-refractivity contribution in [2.75, 3.05) is 14.2 Å². The molecule has 0 aliphatic rings. The smallest absolute Gasteiger partial charge is 0.244 e. The summed E-state index contributed by atoms with van der Waals surface area (Å²) in [4.78, 5) is 12.1. The molecular weight excluding hydrogens is 270 g/mol. The van der Waals surface area contributed by atoms with Crippen LogP contribution < -0.4 is 14.8 Å². The Labute approximate surface area is 123 Å². The summed E-state index contributed by atoms with van der Waals surface area (Å²) in [5.41, 5.74) is 0.939. The van der Waals surface area contributed by atoms with Gasteiger partial charge < -0.3 is 14.8 Å². The van der Waals surface area contributed by atoms with Crippen LogP contribution in [0.3, 0.4) is 0 Å². The Morgan fingerprint density at radius 1 is 1.33 bits per heavy atom. The lowest BCUT2D eigenvalue weighted by molar-refractivity contribution is -0.124. The van der Waals surface area contributed by atoms with Gasteiger partial charge in [0.2, 0.25) is 5.91 Å². The SMILES string of the molecule is COc1ccc(CNC(=O)C(C)n2cccn2)cc1OC. The van der Waals surface area contributed by atoms with Crippen molar-refractivity contribution in [3.8, 4) is 11.5 Å². The third-order valence-corrected chi connectivity index (χ3v) is 3.22. The molecular formula is C15H19N3O3. The molecule has 1 atom stereocenters. The highest BCUT2D eigenvalue weighted by molar-refractivity contribution is 5.79. The van der Waals surface area contributed by atoms with Crippen LogP contribution in [0.15, 0.2) is 36.7 Å². The van der Waals surface area contributed by atoms with Crippen molar-refractivity contribution in [1.82, 2.24) is 15.1 Å². The summed E-state index contributed by atoms with van der Waals surface area (Å²) in [5.74, 6) is 1.22. The summed E-state index contributed by atoms with van der Waals surface area (Å²) in [7, 11) is 3.17. The first-order valence-corrected chi connectivity index (χ1v) is 6.63. The Balaban J connectivity index is 1.98. The van der Waals surface area contributed by atoms with Crippen LogP contribution in [0.4, 0.5) is 0 Å². The molecule has 0 saturated carbocycles. The number of amides is 1. The summed E-state index contributed by atoms with van der Waals surface area (Å²) in [6.45, 7) is 2.22. The molecule has 0 aliphatic heterocycles. The third-order valence-electron chi connectivity index (χ3n) is 3.22. The fourth-order valence-corrected chi connectivity index (χ4v) is 1.96. The minimum atomic E-state index is -0.347. The fourth-order valence-electron chi connectivity index (χ4n) is 1.96. The third kappa shape index (κ3) is 3.53. The number of ether oxygens (including phenoxy) is 2. The van der Waals surface area contributed by atoms with Gasteiger partial charge in [0.25, 0.3) is 0 Å². The normalized spacial score (nSPS) is 11.8. The van der Waals surface area contributed by atoms with Gasteiger partial charge in [-0.3, -0.25) is 9.48 Å². The van der Waals surface area contributed by atoms with Crippen LogP contribution in [0, 0.1) is 0 Å². The molecule has 1 amide bonds. The van der Waals surface area contributed by atoms with E-state index in [9.17, 15) is 4.79 Å². The van der Waals surface area contributed by atoms with Crippen molar-refractivity contribution in [1.29, 1.82) is 0 Å². The average molecular weight is 289 g/mol. The molecule has 1 aromatic heterocycles. The highest BCUT2D eigenvalue weighted by Crippen LogP contribution is 2.27. The van der Waals surface area contributed by atoms with Crippen LogP contribution in [0.5, 0.6) is 11.5 Å². The van der Waals surface area contributed by atoms with Gasteiger partial charge in [0, 0.05) is 18.9 Å². The molecule has 0 spiro atoms. The van der Waals surface area contributed by atoms with Crippen molar-refractivity contribution in [3.05, 3.63) is 42.2 Å². The zero-order chi connectivity index (χ0) is 15.2. The van der Waals surface area contributed by atoms with Gasteiger partial charge >= 0.3 is 0 Å². The van der Waals surface area contributed by atoms with Crippen LogP contribution in [0.1, 0.15) is 18.5 Å². The quantitative estimate of drug-likeness (QED) is 0.880. The first-order chi connectivity index (χ1) is 10.2. The lowest BCUT2D eigenvalue weighted by atomic mass is 10.2. The molecule has 0 radical (unpaired) electrons. The first kappa shape index (κ1) is 14.9. The van der Waals surface area contributed by atoms with Gasteiger partial charge in [-0.2, -0.15) is 5.10 Å². The van der Waals surface area contributed by atoms with Crippen molar-refractivity contribution < 1.29 is 14.3 Å². The Morgan fingerprint density at radius 2 is 2.10 bits per heavy atom. The van der Waals surface area contributed by atoms with E-state index in [0.29, 0.717) is 18.0 Å². The zero-order valence-electron chi connectivity index (χ0n) is 12.4. The van der Waals surface area contributed by atoms with Crippen molar-refractivity contribution in [3.63, 3.8) is 0 Å². The molecule has 21 heavy (non-hydrogen) atoms. The summed E-state index contributed by atoms with van der Waals surface area (Å²) in [6, 6.07) is 6.99. The molecule has 1 N–H and O–H groups in total. The monoisotopic (exact) mass is 289 g/mol. The predicted molar refractivity (Wildman–Crippen MR) is 78.3 cm³/mol. The molecule has 1 heterocycles. The fraction of sp³-hybridized carbons (Fsp3) is 0.333. The highest BCUT2D eigenvalue weighted by Gasteiger charge is 2.14. The maximum absolute atomic E-state index is 12.1. The first-order valence-electron chi connectivity index (χ1n) is 6.63. The van der Waals surface area contributed by atoms with Crippen molar-refractivity contribution >= 4 is 5.91 Å². The standard InChI is InChI=1S/C15H19N3O3/c1-11(18-8-4-7-17-18)15(19)16-10-12-5-6-13(20-2)14(9-12)21-3/h4-9,11H,10H2,1-3H3,(H,16,19). The summed E-state index contributed by atoms with van der Waals surface area (Å²) in [6.07, 6.45) is 3.42. The Kier molecular flexibility index (Phi) is 4.81. The van der Waals surface area contributed by atoms with Crippen LogP contribution in [-0.2, 0) is 11.3 Å². The van der Waals surface area contributed by atoms with Gasteiger partial charge in [-0.05, 0) is 30.7 Å². The Bertz CT molecular complexity index is 596. The molecule has 0 fully saturated rings. The zero-order valence-corrected chi connectivity index (χ0v) is 12.4. The average Bonchev–Trinajstić information content (AvgIpc) is 3.05. The minimum Gasteiger partial charge on any atom is -0.493 e. The number of rotatable bonds is 6. The predicted octanol–water partition coefficient (Wildman–Crippen LogP) is 1.78. The summed E-state index contributed by atoms with van der Waals surface area (Å²) < 4.78 is 12.0. The van der Waals surface area contributed by atoms with E-state index < -0.39 is 0 Å². The number of hydrogen-bond donors (Lipinski definition) is 1. The minimum absolute atomic E-state index is 0.0894. The molecule has 112 valence electrons. The molecule has 2 rings (SSSR count). The highest BCUT2D eigenvalue weighted by atomic mass is 16.5. The number of methoxy groups -OCH3 is 2. The topological polar surface area (TPSA) is 65.4 Å². The van der Waals surface area contributed by atoms with Gasteiger partial charge in [-0.1, -0.05) is 6.07 Å². The van der Waals surface area contributed by atoms with E-state index in [0.717, 1.165) is 5.56 Å². The van der Waals surface area contributed by atoms with E-state index in [2.05, 4.69) is 10.4 Å². The van der Waals surface area contributed by atoms with E-state index in [1.807, 2.05) is 18.2 Å². The van der Waals surface area contributed by atoms with Crippen LogP contribution in [0.2, 0.25) is 0 Å². The van der Waals surface area contributed by atoms with Gasteiger partial charge in [0.05, 0.1) is 14.2 Å². The maximum atomic E-state index is 12.1. The Morgan fingerprint density at radius 3 is 2.71 bits per heavy atom. The number of benzene rings is 1. The van der Waals surface area contributed by atoms with E-state index in [4.69, 9.17) is 9.47 Å². The van der Waals surface area contributed by atoms with Gasteiger partial charge in [-0.15, -0.1) is 0 Å². The second-order valence-electron chi connectivity index (χ2n) is 4.57. The number of aromatic nitrogens is 2. The number of nitrogens with zero attached hydrogens (tertiary/aromatic N) is 2. The molecule has 0 saturated heterocycles. The number of hydrogen-bond acceptors (Lipinski definition) is 4. The lowest BCUT2D eigenvalue weighted by Crippen LogP contribution is -2.30. The van der Waals surface area contributed by atoms with Gasteiger partial charge in [0.15, 0.2) is 11.5 Å².